The van der Waals surface area contributed by atoms with E-state index in [-0.39, 0.29) is 12.1 Å². The van der Waals surface area contributed by atoms with Crippen LogP contribution in [0.25, 0.3) is 0 Å². The summed E-state index contributed by atoms with van der Waals surface area (Å²) in [5.74, 6) is 1.42. The van der Waals surface area contributed by atoms with Gasteiger partial charge in [0, 0.05) is 17.0 Å². The molecule has 2 N–H and O–H groups in total. The summed E-state index contributed by atoms with van der Waals surface area (Å²) in [5.41, 5.74) is 2.86. The van der Waals surface area contributed by atoms with Gasteiger partial charge in [0.05, 0.1) is 6.61 Å². The first-order valence-electron chi connectivity index (χ1n) is 9.21. The molecule has 2 aromatic rings. The zero-order chi connectivity index (χ0) is 19.5. The van der Waals surface area contributed by atoms with E-state index in [1.165, 1.54) is 11.8 Å². The molecule has 2 heterocycles. The Balaban J connectivity index is 1.74. The molecule has 2 aliphatic rings. The minimum Gasteiger partial charge on any atom is -0.494 e. The average Bonchev–Trinajstić information content (AvgIpc) is 2.72. The van der Waals surface area contributed by atoms with Crippen molar-refractivity contribution < 1.29 is 9.53 Å². The summed E-state index contributed by atoms with van der Waals surface area (Å²) in [7, 11) is 0. The fourth-order valence-corrected chi connectivity index (χ4v) is 4.00. The van der Waals surface area contributed by atoms with E-state index in [0.29, 0.717) is 17.5 Å². The lowest BCUT2D eigenvalue weighted by atomic mass is 9.97. The lowest BCUT2D eigenvalue weighted by molar-refractivity contribution is -0.127. The summed E-state index contributed by atoms with van der Waals surface area (Å²) in [6.45, 7) is 6.32. The first-order valence-corrected chi connectivity index (χ1v) is 10.2. The van der Waals surface area contributed by atoms with Crippen molar-refractivity contribution in [3.8, 4) is 5.75 Å². The van der Waals surface area contributed by atoms with Crippen molar-refractivity contribution in [1.82, 2.24) is 10.3 Å². The highest BCUT2D eigenvalue weighted by Crippen LogP contribution is 2.42. The highest BCUT2D eigenvalue weighted by Gasteiger charge is 2.41. The number of fused-ring (bicyclic) bond motifs is 3. The highest BCUT2D eigenvalue weighted by molar-refractivity contribution is 8.14. The molecule has 2 aliphatic heterocycles. The van der Waals surface area contributed by atoms with Gasteiger partial charge in [0.1, 0.15) is 11.9 Å². The molecule has 0 aliphatic carbocycles. The van der Waals surface area contributed by atoms with E-state index in [1.807, 2.05) is 60.5 Å². The largest absolute Gasteiger partial charge is 0.494 e. The number of amidine groups is 1. The van der Waals surface area contributed by atoms with Crippen LogP contribution in [0.5, 0.6) is 5.75 Å². The maximum absolute atomic E-state index is 13.0. The van der Waals surface area contributed by atoms with Gasteiger partial charge in [0.2, 0.25) is 0 Å². The molecule has 7 heteroatoms. The fraction of sp³-hybridized carbons (Fsp3) is 0.238. The highest BCUT2D eigenvalue weighted by atomic mass is 32.2. The molecule has 1 amide bonds. The van der Waals surface area contributed by atoms with E-state index < -0.39 is 6.04 Å². The third-order valence-corrected chi connectivity index (χ3v) is 5.47. The van der Waals surface area contributed by atoms with Crippen LogP contribution in [0.4, 0.5) is 5.69 Å². The molecule has 0 bridgehead atoms. The molecule has 0 spiro atoms. The second-order valence-corrected chi connectivity index (χ2v) is 7.42. The number of nitrogens with zero attached hydrogens (tertiary/aromatic N) is 2. The topological polar surface area (TPSA) is 66.0 Å². The van der Waals surface area contributed by atoms with E-state index >= 15 is 0 Å². The van der Waals surface area contributed by atoms with Crippen LogP contribution in [0, 0.1) is 0 Å². The summed E-state index contributed by atoms with van der Waals surface area (Å²) >= 11 is 1.45. The number of para-hydroxylation sites is 1. The van der Waals surface area contributed by atoms with E-state index in [1.54, 1.807) is 6.08 Å². The van der Waals surface area contributed by atoms with Gasteiger partial charge in [-0.25, -0.2) is 0 Å². The molecular formula is C21H22N4O2S. The van der Waals surface area contributed by atoms with Crippen LogP contribution < -0.4 is 15.4 Å². The molecule has 4 rings (SSSR count). The molecule has 2 atom stereocenters. The fourth-order valence-electron chi connectivity index (χ4n) is 3.40. The number of carbonyl (C=O) groups excluding carboxylic acids is 1. The number of thioether (sulfide) groups is 1. The molecule has 0 saturated heterocycles. The predicted molar refractivity (Wildman–Crippen MR) is 113 cm³/mol. The predicted octanol–water partition coefficient (Wildman–Crippen LogP) is 3.87. The molecule has 0 fully saturated rings. The molecular weight excluding hydrogens is 372 g/mol. The van der Waals surface area contributed by atoms with Gasteiger partial charge in [0.25, 0.3) is 5.91 Å². The summed E-state index contributed by atoms with van der Waals surface area (Å²) < 4.78 is 5.55. The Bertz CT molecular complexity index is 913. The zero-order valence-corrected chi connectivity index (χ0v) is 16.4. The van der Waals surface area contributed by atoms with Gasteiger partial charge >= 0.3 is 0 Å². The van der Waals surface area contributed by atoms with Gasteiger partial charge in [-0.05, 0) is 30.7 Å². The molecule has 144 valence electrons. The van der Waals surface area contributed by atoms with Crippen molar-refractivity contribution in [2.45, 2.75) is 19.1 Å². The minimum atomic E-state index is -0.484. The van der Waals surface area contributed by atoms with Crippen LogP contribution in [0.1, 0.15) is 30.3 Å². The van der Waals surface area contributed by atoms with E-state index in [2.05, 4.69) is 17.2 Å². The number of hydrogen-bond donors (Lipinski definition) is 2. The molecule has 2 aromatic carbocycles. The number of benzene rings is 2. The van der Waals surface area contributed by atoms with Gasteiger partial charge < -0.3 is 15.4 Å². The third-order valence-electron chi connectivity index (χ3n) is 4.61. The molecule has 0 unspecified atom stereocenters. The Hall–Kier alpha value is -2.93. The Morgan fingerprint density at radius 3 is 2.79 bits per heavy atom. The maximum Gasteiger partial charge on any atom is 0.255 e. The number of hydrogen-bond acceptors (Lipinski definition) is 6. The minimum absolute atomic E-state index is 0.0774. The van der Waals surface area contributed by atoms with Crippen molar-refractivity contribution >= 4 is 28.5 Å². The van der Waals surface area contributed by atoms with Gasteiger partial charge in [0.15, 0.2) is 11.2 Å². The number of hydrazone groups is 1. The number of carbonyl (C=O) groups is 1. The van der Waals surface area contributed by atoms with Crippen molar-refractivity contribution in [3.05, 3.63) is 72.3 Å². The maximum atomic E-state index is 13.0. The third kappa shape index (κ3) is 3.45. The lowest BCUT2D eigenvalue weighted by Crippen LogP contribution is -2.50. The summed E-state index contributed by atoms with van der Waals surface area (Å²) in [4.78, 5) is 13.0. The zero-order valence-electron chi connectivity index (χ0n) is 15.6. The summed E-state index contributed by atoms with van der Waals surface area (Å²) in [6, 6.07) is 15.3. The van der Waals surface area contributed by atoms with E-state index in [0.717, 1.165) is 22.6 Å². The Morgan fingerprint density at radius 1 is 1.25 bits per heavy atom. The molecule has 0 saturated carbocycles. The van der Waals surface area contributed by atoms with Gasteiger partial charge in [-0.1, -0.05) is 48.2 Å². The van der Waals surface area contributed by atoms with Gasteiger partial charge in [-0.2, -0.15) is 0 Å². The second-order valence-electron chi connectivity index (χ2n) is 6.41. The van der Waals surface area contributed by atoms with Crippen LogP contribution in [0.15, 0.2) is 66.3 Å². The van der Waals surface area contributed by atoms with Crippen molar-refractivity contribution in [2.24, 2.45) is 5.10 Å². The monoisotopic (exact) mass is 394 g/mol. The van der Waals surface area contributed by atoms with Crippen molar-refractivity contribution in [3.63, 3.8) is 0 Å². The summed E-state index contributed by atoms with van der Waals surface area (Å²) in [6.07, 6.45) is 1.53. The van der Waals surface area contributed by atoms with E-state index in [9.17, 15) is 4.79 Å². The quantitative estimate of drug-likeness (QED) is 0.754. The van der Waals surface area contributed by atoms with E-state index in [4.69, 9.17) is 9.84 Å². The second kappa shape index (κ2) is 7.98. The van der Waals surface area contributed by atoms with Crippen LogP contribution in [-0.2, 0) is 4.79 Å². The Labute approximate surface area is 168 Å². The number of rotatable bonds is 5. The molecule has 6 nitrogen and oxygen atoms in total. The van der Waals surface area contributed by atoms with Crippen LogP contribution in [0.2, 0.25) is 0 Å². The Kier molecular flexibility index (Phi) is 5.25. The molecule has 28 heavy (non-hydrogen) atoms. The smallest absolute Gasteiger partial charge is 0.255 e. The van der Waals surface area contributed by atoms with Gasteiger partial charge in [-0.15, -0.1) is 11.7 Å². The SMILES string of the molecule is C=CCSC1=NN2[C@H](C(=O)N1)c1ccccc1N[C@H]2c1ccc(OCC)cc1. The Morgan fingerprint density at radius 2 is 2.04 bits per heavy atom. The average molecular weight is 395 g/mol. The van der Waals surface area contributed by atoms with Crippen LogP contribution in [-0.4, -0.2) is 28.4 Å². The number of nitrogens with one attached hydrogen (secondary N) is 2. The van der Waals surface area contributed by atoms with Gasteiger partial charge in [-0.3, -0.25) is 9.80 Å². The first kappa shape index (κ1) is 18.4. The standard InChI is InChI=1S/C21H22N4O2S/c1-3-13-28-21-23-20(26)18-16-7-5-6-8-17(16)22-19(25(18)24-21)14-9-11-15(12-10-14)27-4-2/h3,5-12,18-19,22H,1,4,13H2,2H3,(H,23,24,26)/t18-,19+/m0/s1. The first-order chi connectivity index (χ1) is 13.7. The number of anilines is 1. The molecule has 0 aromatic heterocycles. The summed E-state index contributed by atoms with van der Waals surface area (Å²) in [5, 5.41) is 13.6. The molecule has 0 radical (unpaired) electrons. The normalized spacial score (nSPS) is 20.2. The van der Waals surface area contributed by atoms with Crippen LogP contribution >= 0.6 is 11.8 Å². The van der Waals surface area contributed by atoms with Crippen molar-refractivity contribution in [2.75, 3.05) is 17.7 Å². The number of amides is 1. The number of ether oxygens (including phenoxy) is 1. The lowest BCUT2D eigenvalue weighted by Gasteiger charge is -2.43. The van der Waals surface area contributed by atoms with Crippen LogP contribution in [0.3, 0.4) is 0 Å². The van der Waals surface area contributed by atoms with Crippen molar-refractivity contribution in [1.29, 1.82) is 0 Å².